The van der Waals surface area contributed by atoms with E-state index in [1.807, 2.05) is 0 Å². The van der Waals surface area contributed by atoms with Crippen LogP contribution in [0, 0.1) is 0 Å². The Morgan fingerprint density at radius 1 is 1.24 bits per heavy atom. The third-order valence-electron chi connectivity index (χ3n) is 4.68. The van der Waals surface area contributed by atoms with Crippen LogP contribution in [0.4, 0.5) is 14.7 Å². The summed E-state index contributed by atoms with van der Waals surface area (Å²) in [5.41, 5.74) is 1.80. The highest BCUT2D eigenvalue weighted by atomic mass is 35.5. The van der Waals surface area contributed by atoms with Gasteiger partial charge in [0, 0.05) is 30.6 Å². The molecule has 0 spiro atoms. The molecule has 0 saturated carbocycles. The van der Waals surface area contributed by atoms with E-state index >= 15 is 0 Å². The van der Waals surface area contributed by atoms with Gasteiger partial charge in [-0.15, -0.1) is 0 Å². The lowest BCUT2D eigenvalue weighted by Gasteiger charge is -2.13. The Balaban J connectivity index is 1.70. The van der Waals surface area contributed by atoms with Gasteiger partial charge in [0.25, 0.3) is 0 Å². The van der Waals surface area contributed by atoms with E-state index in [4.69, 9.17) is 21.1 Å². The van der Waals surface area contributed by atoms with Gasteiger partial charge in [0.2, 0.25) is 24.1 Å². The van der Waals surface area contributed by atoms with Crippen molar-refractivity contribution in [3.63, 3.8) is 0 Å². The topological polar surface area (TPSA) is 120 Å². The van der Waals surface area contributed by atoms with Crippen molar-refractivity contribution in [3.8, 4) is 23.0 Å². The number of methoxy groups -OCH3 is 2. The number of anilines is 1. The van der Waals surface area contributed by atoms with E-state index in [0.29, 0.717) is 32.1 Å². The van der Waals surface area contributed by atoms with Gasteiger partial charge >= 0.3 is 0 Å². The summed E-state index contributed by atoms with van der Waals surface area (Å²) in [5, 5.41) is 9.43. The van der Waals surface area contributed by atoms with Gasteiger partial charge in [-0.25, -0.2) is 13.0 Å². The predicted molar refractivity (Wildman–Crippen MR) is 118 cm³/mol. The molecule has 4 aromatic rings. The van der Waals surface area contributed by atoms with Crippen molar-refractivity contribution < 1.29 is 22.5 Å². The number of fused-ring (bicyclic) bond motifs is 1. The third kappa shape index (κ3) is 4.46. The molecule has 0 aliphatic rings. The lowest BCUT2D eigenvalue weighted by Crippen LogP contribution is -2.12. The highest BCUT2D eigenvalue weighted by molar-refractivity contribution is 7.86. The Morgan fingerprint density at radius 2 is 1.94 bits per heavy atom. The number of hydrogen-bond acceptors (Lipinski definition) is 7. The van der Waals surface area contributed by atoms with Crippen molar-refractivity contribution >= 4 is 39.4 Å². The number of aryl methyl sites for hydroxylation is 1. The molecule has 0 bridgehead atoms. The van der Waals surface area contributed by atoms with Gasteiger partial charge in [-0.1, -0.05) is 17.7 Å². The Labute approximate surface area is 193 Å². The molecule has 1 unspecified atom stereocenters. The highest BCUT2D eigenvalue weighted by Gasteiger charge is 2.22. The summed E-state index contributed by atoms with van der Waals surface area (Å²) in [6.07, 6.45) is -0.164. The lowest BCUT2D eigenvalue weighted by molar-refractivity contribution is 0.146. The summed E-state index contributed by atoms with van der Waals surface area (Å²) in [4.78, 5) is 13.0. The zero-order chi connectivity index (χ0) is 23.7. The van der Waals surface area contributed by atoms with Crippen molar-refractivity contribution in [1.29, 1.82) is 0 Å². The van der Waals surface area contributed by atoms with Gasteiger partial charge in [0.05, 0.1) is 41.4 Å². The molecule has 2 N–H and O–H groups in total. The van der Waals surface area contributed by atoms with Gasteiger partial charge in [-0.05, 0) is 6.07 Å². The average molecular weight is 498 g/mol. The monoisotopic (exact) mass is 497 g/mol. The molecule has 3 aromatic heterocycles. The van der Waals surface area contributed by atoms with Crippen LogP contribution in [0.3, 0.4) is 0 Å². The first kappa shape index (κ1) is 22.9. The van der Waals surface area contributed by atoms with Crippen molar-refractivity contribution in [2.45, 2.75) is 17.7 Å². The number of halogens is 3. The predicted octanol–water partition coefficient (Wildman–Crippen LogP) is 3.37. The van der Waals surface area contributed by atoms with E-state index in [-0.39, 0.29) is 23.3 Å². The minimum atomic E-state index is -2.65. The van der Waals surface area contributed by atoms with Crippen LogP contribution in [-0.4, -0.2) is 54.8 Å². The van der Waals surface area contributed by atoms with Crippen LogP contribution in [-0.2, 0) is 24.5 Å². The van der Waals surface area contributed by atoms with E-state index in [9.17, 15) is 13.0 Å². The van der Waals surface area contributed by atoms with Crippen LogP contribution < -0.4 is 14.2 Å². The van der Waals surface area contributed by atoms with Gasteiger partial charge < -0.3 is 14.5 Å². The molecule has 0 fully saturated rings. The maximum Gasteiger partial charge on any atom is 0.243 e. The standard InChI is InChI=1S/C19H18ClF2N7O3S/c1-29-24-7-12(27-29)15-11(20)5-4-9-13(8-23-16(9)15)33(30)28-19-25-17(31-2)10(6-14(21)22)18(26-19)32-3/h4-5,7-8,14,23H,6H2,1-3H3,(H,25,26,28). The maximum atomic E-state index is 13.1. The number of aromatic amines is 1. The molecular weight excluding hydrogens is 480 g/mol. The third-order valence-corrected chi connectivity index (χ3v) is 6.10. The number of aromatic nitrogens is 6. The smallest absolute Gasteiger partial charge is 0.243 e. The largest absolute Gasteiger partial charge is 0.481 e. The van der Waals surface area contributed by atoms with Crippen LogP contribution in [0.1, 0.15) is 5.56 Å². The molecule has 0 saturated heterocycles. The molecule has 33 heavy (non-hydrogen) atoms. The van der Waals surface area contributed by atoms with Crippen molar-refractivity contribution in [1.82, 2.24) is 29.9 Å². The van der Waals surface area contributed by atoms with Crippen molar-refractivity contribution in [3.05, 3.63) is 35.1 Å². The molecular formula is C19H18ClF2N7O3S. The summed E-state index contributed by atoms with van der Waals surface area (Å²) in [6.45, 7) is 0. The number of nitrogens with one attached hydrogen (secondary N) is 2. The normalized spacial score (nSPS) is 12.3. The molecule has 1 aromatic carbocycles. The van der Waals surface area contributed by atoms with Crippen molar-refractivity contribution in [2.24, 2.45) is 7.05 Å². The quantitative estimate of drug-likeness (QED) is 0.383. The van der Waals surface area contributed by atoms with E-state index in [2.05, 4.69) is 29.9 Å². The van der Waals surface area contributed by atoms with Gasteiger partial charge in [0.15, 0.2) is 11.0 Å². The first-order valence-corrected chi connectivity index (χ1v) is 11.0. The second-order valence-electron chi connectivity index (χ2n) is 6.73. The average Bonchev–Trinajstić information content (AvgIpc) is 3.40. The molecule has 0 aliphatic heterocycles. The van der Waals surface area contributed by atoms with Crippen LogP contribution in [0.5, 0.6) is 11.8 Å². The molecule has 4 rings (SSSR count). The summed E-state index contributed by atoms with van der Waals surface area (Å²) in [6, 6.07) is 3.39. The van der Waals surface area contributed by atoms with E-state index in [1.165, 1.54) is 19.0 Å². The maximum absolute atomic E-state index is 13.1. The molecule has 14 heteroatoms. The summed E-state index contributed by atoms with van der Waals surface area (Å²) < 4.78 is 51.9. The SMILES string of the molecule is COc1nc(NS(=O)c2c[nH]c3c(-c4cnn(C)n4)c(Cl)ccc23)nc(OC)c1CC(F)F. The first-order chi connectivity index (χ1) is 15.8. The molecule has 0 aliphatic carbocycles. The highest BCUT2D eigenvalue weighted by Crippen LogP contribution is 2.36. The minimum Gasteiger partial charge on any atom is -0.481 e. The van der Waals surface area contributed by atoms with Crippen LogP contribution in [0.15, 0.2) is 29.4 Å². The van der Waals surface area contributed by atoms with Crippen LogP contribution in [0.2, 0.25) is 5.02 Å². The Hall–Kier alpha value is -3.32. The Morgan fingerprint density at radius 3 is 2.52 bits per heavy atom. The molecule has 0 radical (unpaired) electrons. The summed E-state index contributed by atoms with van der Waals surface area (Å²) in [7, 11) is 2.43. The zero-order valence-corrected chi connectivity index (χ0v) is 19.2. The van der Waals surface area contributed by atoms with E-state index < -0.39 is 23.8 Å². The molecule has 174 valence electrons. The Kier molecular flexibility index (Phi) is 6.42. The number of benzene rings is 1. The van der Waals surface area contributed by atoms with Gasteiger partial charge in [0.1, 0.15) is 5.69 Å². The van der Waals surface area contributed by atoms with Crippen LogP contribution in [0.25, 0.3) is 22.2 Å². The number of ether oxygens (including phenoxy) is 2. The molecule has 0 amide bonds. The summed E-state index contributed by atoms with van der Waals surface area (Å²) >= 11 is 6.39. The number of H-pyrrole nitrogens is 1. The zero-order valence-electron chi connectivity index (χ0n) is 17.6. The van der Waals surface area contributed by atoms with E-state index in [1.54, 1.807) is 31.6 Å². The fraction of sp³-hybridized carbons (Fsp3) is 0.263. The molecule has 3 heterocycles. The molecule has 1 atom stereocenters. The second-order valence-corrected chi connectivity index (χ2v) is 8.32. The molecule has 10 nitrogen and oxygen atoms in total. The Bertz CT molecular complexity index is 1320. The van der Waals surface area contributed by atoms with Gasteiger partial charge in [-0.3, -0.25) is 4.72 Å². The summed E-state index contributed by atoms with van der Waals surface area (Å²) in [5.74, 6) is -0.313. The number of nitrogens with zero attached hydrogens (tertiary/aromatic N) is 5. The van der Waals surface area contributed by atoms with Crippen LogP contribution >= 0.6 is 11.6 Å². The minimum absolute atomic E-state index is 0.0154. The van der Waals surface area contributed by atoms with Crippen molar-refractivity contribution in [2.75, 3.05) is 18.9 Å². The number of rotatable bonds is 8. The second kappa shape index (κ2) is 9.27. The fourth-order valence-corrected chi connectivity index (χ4v) is 4.46. The van der Waals surface area contributed by atoms with Gasteiger partial charge in [-0.2, -0.15) is 25.0 Å². The fourth-order valence-electron chi connectivity index (χ4n) is 3.31. The first-order valence-electron chi connectivity index (χ1n) is 9.44. The number of alkyl halides is 2. The number of hydrogen-bond donors (Lipinski definition) is 2. The lowest BCUT2D eigenvalue weighted by atomic mass is 10.1. The van der Waals surface area contributed by atoms with E-state index in [0.717, 1.165) is 0 Å².